The quantitative estimate of drug-likeness (QED) is 0.396. The van der Waals surface area contributed by atoms with Gasteiger partial charge in [0.25, 0.3) is 5.69 Å². The number of hydrogen-bond acceptors (Lipinski definition) is 11. The van der Waals surface area contributed by atoms with Crippen molar-refractivity contribution < 1.29 is 24.3 Å². The summed E-state index contributed by atoms with van der Waals surface area (Å²) in [7, 11) is 0. The number of aliphatic hydroxyl groups excluding tert-OH is 1. The molecule has 1 saturated heterocycles. The number of rotatable bonds is 6. The Morgan fingerprint density at radius 3 is 2.79 bits per heavy atom. The zero-order valence-corrected chi connectivity index (χ0v) is 16.0. The minimum absolute atomic E-state index is 0.0374. The van der Waals surface area contributed by atoms with Gasteiger partial charge in [-0.15, -0.1) is 11.8 Å². The van der Waals surface area contributed by atoms with Crippen LogP contribution in [0, 0.1) is 10.1 Å². The fourth-order valence-electron chi connectivity index (χ4n) is 2.73. The van der Waals surface area contributed by atoms with E-state index in [1.165, 1.54) is 42.4 Å². The highest BCUT2D eigenvalue weighted by atomic mass is 32.2. The van der Waals surface area contributed by atoms with Crippen molar-refractivity contribution in [3.63, 3.8) is 0 Å². The topological polar surface area (TPSA) is 153 Å². The Morgan fingerprint density at radius 1 is 1.41 bits per heavy atom. The lowest BCUT2D eigenvalue weighted by Gasteiger charge is -2.27. The first kappa shape index (κ1) is 20.6. The first-order valence-corrected chi connectivity index (χ1v) is 9.50. The molecule has 12 heteroatoms. The molecule has 154 valence electrons. The lowest BCUT2D eigenvalue weighted by Crippen LogP contribution is -2.33. The van der Waals surface area contributed by atoms with E-state index in [1.54, 1.807) is 4.90 Å². The molecule has 0 spiro atoms. The van der Waals surface area contributed by atoms with E-state index in [0.717, 1.165) is 0 Å². The van der Waals surface area contributed by atoms with E-state index < -0.39 is 17.2 Å². The first-order valence-electron chi connectivity index (χ1n) is 8.55. The number of benzene rings is 1. The summed E-state index contributed by atoms with van der Waals surface area (Å²) in [6.45, 7) is 3.70. The molecule has 3 rings (SSSR count). The lowest BCUT2D eigenvalue weighted by atomic mass is 10.2. The molecule has 0 radical (unpaired) electrons. The molecule has 11 nitrogen and oxygen atoms in total. The van der Waals surface area contributed by atoms with Gasteiger partial charge in [-0.2, -0.15) is 4.99 Å². The van der Waals surface area contributed by atoms with Crippen molar-refractivity contribution in [2.24, 2.45) is 15.7 Å². The molecule has 1 aromatic carbocycles. The van der Waals surface area contributed by atoms with Crippen LogP contribution in [-0.2, 0) is 16.1 Å². The number of nitrogens with zero attached hydrogens (tertiary/aromatic N) is 4. The molecule has 0 bridgehead atoms. The molecule has 1 aromatic rings. The van der Waals surface area contributed by atoms with Gasteiger partial charge in [0.05, 0.1) is 21.7 Å². The van der Waals surface area contributed by atoms with Gasteiger partial charge >= 0.3 is 6.16 Å². The summed E-state index contributed by atoms with van der Waals surface area (Å²) in [5.41, 5.74) is 6.06. The highest BCUT2D eigenvalue weighted by Crippen LogP contribution is 2.37. The van der Waals surface area contributed by atoms with E-state index in [-0.39, 0.29) is 35.5 Å². The molecule has 0 aromatic heterocycles. The van der Waals surface area contributed by atoms with Crippen molar-refractivity contribution in [1.29, 1.82) is 0 Å². The highest BCUT2D eigenvalue weighted by molar-refractivity contribution is 8.00. The average molecular weight is 421 g/mol. The maximum Gasteiger partial charge on any atom is 0.508 e. The zero-order valence-electron chi connectivity index (χ0n) is 15.2. The van der Waals surface area contributed by atoms with E-state index in [9.17, 15) is 20.0 Å². The molecule has 2 aliphatic rings. The smallest absolute Gasteiger partial charge is 0.433 e. The zero-order chi connectivity index (χ0) is 21.0. The van der Waals surface area contributed by atoms with Crippen LogP contribution < -0.4 is 5.73 Å². The summed E-state index contributed by atoms with van der Waals surface area (Å²) >= 11 is 1.41. The molecule has 3 N–H and O–H groups in total. The number of thioether (sulfide) groups is 1. The van der Waals surface area contributed by atoms with Crippen LogP contribution in [0.3, 0.4) is 0 Å². The molecule has 2 aliphatic heterocycles. The van der Waals surface area contributed by atoms with E-state index in [4.69, 9.17) is 15.2 Å². The van der Waals surface area contributed by atoms with Crippen molar-refractivity contribution in [3.8, 4) is 0 Å². The maximum atomic E-state index is 11.8. The lowest BCUT2D eigenvalue weighted by molar-refractivity contribution is -0.384. The van der Waals surface area contributed by atoms with Crippen molar-refractivity contribution in [1.82, 2.24) is 4.90 Å². The maximum absolute atomic E-state index is 11.8. The summed E-state index contributed by atoms with van der Waals surface area (Å²) in [6, 6.07) is 5.64. The largest absolute Gasteiger partial charge is 0.508 e. The van der Waals surface area contributed by atoms with Gasteiger partial charge in [-0.1, -0.05) is 6.58 Å². The SMILES string of the molecule is C=C1N=C(N)N=CN1[C@H]1CC(O)[C@@H](COC(=O)OCc2ccc([N+](=O)[O-])cc2)S1. The normalized spacial score (nSPS) is 23.6. The van der Waals surface area contributed by atoms with Crippen LogP contribution in [0.1, 0.15) is 12.0 Å². The van der Waals surface area contributed by atoms with Crippen LogP contribution in [0.4, 0.5) is 10.5 Å². The van der Waals surface area contributed by atoms with Crippen molar-refractivity contribution in [2.45, 2.75) is 29.8 Å². The third-order valence-corrected chi connectivity index (χ3v) is 5.77. The van der Waals surface area contributed by atoms with Gasteiger partial charge in [-0.25, -0.2) is 9.79 Å². The van der Waals surface area contributed by atoms with Gasteiger partial charge in [0.1, 0.15) is 25.4 Å². The summed E-state index contributed by atoms with van der Waals surface area (Å²) in [4.78, 5) is 31.5. The summed E-state index contributed by atoms with van der Waals surface area (Å²) in [6.07, 6.45) is 0.339. The van der Waals surface area contributed by atoms with Gasteiger partial charge < -0.3 is 25.2 Å². The Hall–Kier alpha value is -3.12. The summed E-state index contributed by atoms with van der Waals surface area (Å²) in [5.74, 6) is 0.539. The van der Waals surface area contributed by atoms with E-state index in [0.29, 0.717) is 17.8 Å². The molecule has 1 unspecified atom stereocenters. The van der Waals surface area contributed by atoms with Crippen LogP contribution in [0.2, 0.25) is 0 Å². The van der Waals surface area contributed by atoms with Crippen LogP contribution in [0.15, 0.2) is 46.7 Å². The Kier molecular flexibility index (Phi) is 6.34. The molecule has 29 heavy (non-hydrogen) atoms. The number of nitro groups is 1. The molecule has 1 fully saturated rings. The Bertz CT molecular complexity index is 858. The van der Waals surface area contributed by atoms with Gasteiger partial charge in [0, 0.05) is 18.6 Å². The standard InChI is InChI=1S/C17H19N5O6S/c1-10-20-16(18)19-9-21(10)15-6-13(23)14(29-15)8-28-17(24)27-7-11-2-4-12(5-3-11)22(25)26/h2-5,9,13-15,23H,1,6-8H2,(H2,18,20)/t13?,14-,15-/m1/s1. The third-order valence-electron chi connectivity index (χ3n) is 4.24. The van der Waals surface area contributed by atoms with Gasteiger partial charge in [-0.05, 0) is 17.7 Å². The van der Waals surface area contributed by atoms with Crippen LogP contribution in [0.5, 0.6) is 0 Å². The first-order chi connectivity index (χ1) is 13.8. The monoisotopic (exact) mass is 421 g/mol. The summed E-state index contributed by atoms with van der Waals surface area (Å²) < 4.78 is 10.1. The van der Waals surface area contributed by atoms with Gasteiger partial charge in [0.15, 0.2) is 0 Å². The second-order valence-electron chi connectivity index (χ2n) is 6.24. The number of non-ortho nitro benzene ring substituents is 1. The predicted molar refractivity (Wildman–Crippen MR) is 106 cm³/mol. The van der Waals surface area contributed by atoms with Crippen LogP contribution in [0.25, 0.3) is 0 Å². The molecule has 3 atom stereocenters. The molecule has 2 heterocycles. The Balaban J connectivity index is 1.43. The Morgan fingerprint density at radius 2 is 2.14 bits per heavy atom. The number of nitrogens with two attached hydrogens (primary N) is 1. The number of ether oxygens (including phenoxy) is 2. The molecule has 0 amide bonds. The summed E-state index contributed by atoms with van der Waals surface area (Å²) in [5, 5.41) is 20.4. The van der Waals surface area contributed by atoms with E-state index >= 15 is 0 Å². The molecular weight excluding hydrogens is 402 g/mol. The second-order valence-corrected chi connectivity index (χ2v) is 7.67. The van der Waals surface area contributed by atoms with Gasteiger partial charge in [0.2, 0.25) is 5.96 Å². The second kappa shape index (κ2) is 8.92. The van der Waals surface area contributed by atoms with Crippen molar-refractivity contribution in [2.75, 3.05) is 6.61 Å². The fraction of sp³-hybridized carbons (Fsp3) is 0.353. The third kappa shape index (κ3) is 5.23. The number of aliphatic imine (C=N–C) groups is 2. The van der Waals surface area contributed by atoms with Crippen LogP contribution >= 0.6 is 11.8 Å². The fourth-order valence-corrected chi connectivity index (χ4v) is 4.19. The van der Waals surface area contributed by atoms with Crippen molar-refractivity contribution in [3.05, 3.63) is 52.3 Å². The Labute approximate surface area is 170 Å². The molecule has 0 saturated carbocycles. The number of carbonyl (C=O) groups excluding carboxylic acids is 1. The number of hydrogen-bond donors (Lipinski definition) is 2. The van der Waals surface area contributed by atoms with E-state index in [2.05, 4.69) is 16.6 Å². The number of nitro benzene ring substituents is 1. The number of aliphatic hydroxyl groups is 1. The minimum atomic E-state index is -0.888. The predicted octanol–water partition coefficient (Wildman–Crippen LogP) is 1.57. The minimum Gasteiger partial charge on any atom is -0.433 e. The average Bonchev–Trinajstić information content (AvgIpc) is 3.05. The number of carbonyl (C=O) groups is 1. The van der Waals surface area contributed by atoms with Crippen LogP contribution in [-0.4, -0.2) is 56.7 Å². The number of guanidine groups is 1. The molecular formula is C17H19N5O6S. The van der Waals surface area contributed by atoms with Gasteiger partial charge in [-0.3, -0.25) is 10.1 Å². The van der Waals surface area contributed by atoms with E-state index in [1.807, 2.05) is 0 Å². The van der Waals surface area contributed by atoms with Crippen molar-refractivity contribution >= 4 is 35.9 Å². The molecule has 0 aliphatic carbocycles. The highest BCUT2D eigenvalue weighted by Gasteiger charge is 2.38.